The molecule has 1 fully saturated rings. The zero-order valence-electron chi connectivity index (χ0n) is 12.3. The van der Waals surface area contributed by atoms with Crippen LogP contribution in [0.25, 0.3) is 0 Å². The second-order valence-corrected chi connectivity index (χ2v) is 7.56. The van der Waals surface area contributed by atoms with Crippen molar-refractivity contribution in [3.05, 3.63) is 24.3 Å². The van der Waals surface area contributed by atoms with Gasteiger partial charge in [0.05, 0.1) is 10.6 Å². The van der Waals surface area contributed by atoms with Gasteiger partial charge in [0.25, 0.3) is 0 Å². The molecule has 0 aliphatic carbocycles. The first-order chi connectivity index (χ1) is 10.5. The Bertz CT molecular complexity index is 591. The van der Waals surface area contributed by atoms with Gasteiger partial charge in [0.2, 0.25) is 0 Å². The van der Waals surface area contributed by atoms with Gasteiger partial charge in [0, 0.05) is 0 Å². The molecule has 6 nitrogen and oxygen atoms in total. The Kier molecular flexibility index (Phi) is 5.79. The number of rotatable bonds is 7. The summed E-state index contributed by atoms with van der Waals surface area (Å²) in [7, 11) is -3.30. The number of nitrogens with one attached hydrogen (secondary N) is 1. The van der Waals surface area contributed by atoms with Crippen LogP contribution in [-0.2, 0) is 14.6 Å². The Morgan fingerprint density at radius 2 is 1.86 bits per heavy atom. The van der Waals surface area contributed by atoms with Crippen molar-refractivity contribution in [1.82, 2.24) is 5.32 Å². The third kappa shape index (κ3) is 4.99. The standard InChI is InChI=1S/C15H21NO5S/c17-15(18)11-21-13-1-3-14(4-2-13)22(19,20)10-7-12-5-8-16-9-6-12/h1-4,12,16H,5-11H2,(H,17,18). The van der Waals surface area contributed by atoms with E-state index in [1.54, 1.807) is 0 Å². The predicted octanol–water partition coefficient (Wildman–Crippen LogP) is 1.31. The summed E-state index contributed by atoms with van der Waals surface area (Å²) >= 11 is 0. The highest BCUT2D eigenvalue weighted by molar-refractivity contribution is 7.91. The molecule has 122 valence electrons. The molecule has 1 aliphatic heterocycles. The topological polar surface area (TPSA) is 92.7 Å². The highest BCUT2D eigenvalue weighted by Gasteiger charge is 2.19. The van der Waals surface area contributed by atoms with Crippen LogP contribution in [0.1, 0.15) is 19.3 Å². The third-order valence-electron chi connectivity index (χ3n) is 3.80. The van der Waals surface area contributed by atoms with Crippen LogP contribution in [0.4, 0.5) is 0 Å². The molecule has 0 spiro atoms. The van der Waals surface area contributed by atoms with Crippen LogP contribution in [0, 0.1) is 5.92 Å². The molecule has 22 heavy (non-hydrogen) atoms. The van der Waals surface area contributed by atoms with E-state index in [4.69, 9.17) is 9.84 Å². The maximum absolute atomic E-state index is 12.3. The molecule has 2 N–H and O–H groups in total. The van der Waals surface area contributed by atoms with Gasteiger partial charge in [-0.15, -0.1) is 0 Å². The molecule has 1 aromatic carbocycles. The van der Waals surface area contributed by atoms with E-state index in [1.165, 1.54) is 24.3 Å². The molecule has 0 aromatic heterocycles. The Hall–Kier alpha value is -1.60. The zero-order valence-corrected chi connectivity index (χ0v) is 13.1. The van der Waals surface area contributed by atoms with Gasteiger partial charge in [-0.3, -0.25) is 0 Å². The largest absolute Gasteiger partial charge is 0.482 e. The van der Waals surface area contributed by atoms with Crippen molar-refractivity contribution in [2.45, 2.75) is 24.2 Å². The fourth-order valence-corrected chi connectivity index (χ4v) is 3.93. The van der Waals surface area contributed by atoms with E-state index >= 15 is 0 Å². The molecule has 1 aromatic rings. The molecular weight excluding hydrogens is 306 g/mol. The average molecular weight is 327 g/mol. The number of carboxylic acid groups (broad SMARTS) is 1. The number of sulfone groups is 1. The molecule has 0 unspecified atom stereocenters. The van der Waals surface area contributed by atoms with Gasteiger partial charge in [0.1, 0.15) is 5.75 Å². The first-order valence-corrected chi connectivity index (χ1v) is 9.01. The highest BCUT2D eigenvalue weighted by Crippen LogP contribution is 2.21. The summed E-state index contributed by atoms with van der Waals surface area (Å²) in [5, 5.41) is 11.8. The lowest BCUT2D eigenvalue weighted by Crippen LogP contribution is -2.28. The SMILES string of the molecule is O=C(O)COc1ccc(S(=O)(=O)CCC2CCNCC2)cc1. The smallest absolute Gasteiger partial charge is 0.341 e. The third-order valence-corrected chi connectivity index (χ3v) is 5.56. The number of carboxylic acids is 1. The second-order valence-electron chi connectivity index (χ2n) is 5.45. The van der Waals surface area contributed by atoms with Crippen LogP contribution in [0.2, 0.25) is 0 Å². The molecule has 7 heteroatoms. The number of hydrogen-bond acceptors (Lipinski definition) is 5. The van der Waals surface area contributed by atoms with Crippen LogP contribution >= 0.6 is 0 Å². The normalized spacial score (nSPS) is 16.4. The molecule has 0 radical (unpaired) electrons. The lowest BCUT2D eigenvalue weighted by molar-refractivity contribution is -0.139. The molecular formula is C15H21NO5S. The minimum atomic E-state index is -3.30. The van der Waals surface area contributed by atoms with Crippen molar-refractivity contribution in [2.24, 2.45) is 5.92 Å². The fourth-order valence-electron chi connectivity index (χ4n) is 2.50. The molecule has 1 heterocycles. The fraction of sp³-hybridized carbons (Fsp3) is 0.533. The lowest BCUT2D eigenvalue weighted by Gasteiger charge is -2.22. The maximum atomic E-state index is 12.3. The average Bonchev–Trinajstić information content (AvgIpc) is 2.52. The molecule has 0 atom stereocenters. The zero-order chi connectivity index (χ0) is 16.0. The minimum absolute atomic E-state index is 0.146. The maximum Gasteiger partial charge on any atom is 0.341 e. The van der Waals surface area contributed by atoms with Gasteiger partial charge >= 0.3 is 5.97 Å². The van der Waals surface area contributed by atoms with Crippen LogP contribution in [0.3, 0.4) is 0 Å². The summed E-state index contributed by atoms with van der Waals surface area (Å²) < 4.78 is 29.6. The Labute approximate surface area is 130 Å². The van der Waals surface area contributed by atoms with E-state index in [2.05, 4.69) is 5.32 Å². The lowest BCUT2D eigenvalue weighted by atomic mass is 9.96. The van der Waals surface area contributed by atoms with Crippen LogP contribution in [-0.4, -0.2) is 44.9 Å². The summed E-state index contributed by atoms with van der Waals surface area (Å²) in [4.78, 5) is 10.7. The van der Waals surface area contributed by atoms with Crippen LogP contribution in [0.15, 0.2) is 29.2 Å². The summed E-state index contributed by atoms with van der Waals surface area (Å²) in [6.07, 6.45) is 2.73. The predicted molar refractivity (Wildman–Crippen MR) is 81.8 cm³/mol. The van der Waals surface area contributed by atoms with Gasteiger partial charge in [-0.1, -0.05) is 0 Å². The molecule has 2 rings (SSSR count). The monoisotopic (exact) mass is 327 g/mol. The van der Waals surface area contributed by atoms with E-state index in [1.807, 2.05) is 0 Å². The Morgan fingerprint density at radius 1 is 1.23 bits per heavy atom. The molecule has 0 saturated carbocycles. The summed E-state index contributed by atoms with van der Waals surface area (Å²) in [6.45, 7) is 1.47. The number of ether oxygens (including phenoxy) is 1. The van der Waals surface area contributed by atoms with Crippen molar-refractivity contribution in [3.8, 4) is 5.75 Å². The van der Waals surface area contributed by atoms with Crippen molar-refractivity contribution >= 4 is 15.8 Å². The first kappa shape index (κ1) is 16.8. The van der Waals surface area contributed by atoms with Crippen molar-refractivity contribution < 1.29 is 23.1 Å². The second kappa shape index (κ2) is 7.60. The Morgan fingerprint density at radius 3 is 2.45 bits per heavy atom. The van der Waals surface area contributed by atoms with E-state index in [0.717, 1.165) is 25.9 Å². The summed E-state index contributed by atoms with van der Waals surface area (Å²) in [5.41, 5.74) is 0. The summed E-state index contributed by atoms with van der Waals surface area (Å²) in [5.74, 6) is -0.111. The summed E-state index contributed by atoms with van der Waals surface area (Å²) in [6, 6.07) is 5.91. The number of piperidine rings is 1. The van der Waals surface area contributed by atoms with Gasteiger partial charge in [-0.05, 0) is 62.5 Å². The van der Waals surface area contributed by atoms with Gasteiger partial charge < -0.3 is 15.2 Å². The van der Waals surface area contributed by atoms with Crippen molar-refractivity contribution in [2.75, 3.05) is 25.4 Å². The number of aliphatic carboxylic acids is 1. The molecule has 0 bridgehead atoms. The number of hydrogen-bond donors (Lipinski definition) is 2. The van der Waals surface area contributed by atoms with E-state index in [9.17, 15) is 13.2 Å². The van der Waals surface area contributed by atoms with E-state index in [0.29, 0.717) is 18.1 Å². The van der Waals surface area contributed by atoms with Crippen molar-refractivity contribution in [3.63, 3.8) is 0 Å². The molecule has 1 aliphatic rings. The molecule has 1 saturated heterocycles. The quantitative estimate of drug-likeness (QED) is 0.784. The van der Waals surface area contributed by atoms with Crippen molar-refractivity contribution in [1.29, 1.82) is 0 Å². The van der Waals surface area contributed by atoms with Gasteiger partial charge in [0.15, 0.2) is 16.4 Å². The van der Waals surface area contributed by atoms with E-state index in [-0.39, 0.29) is 10.6 Å². The Balaban J connectivity index is 1.92. The number of carbonyl (C=O) groups is 1. The minimum Gasteiger partial charge on any atom is -0.482 e. The van der Waals surface area contributed by atoms with Gasteiger partial charge in [-0.2, -0.15) is 0 Å². The van der Waals surface area contributed by atoms with Crippen LogP contribution < -0.4 is 10.1 Å². The molecule has 0 amide bonds. The van der Waals surface area contributed by atoms with E-state index < -0.39 is 22.4 Å². The van der Waals surface area contributed by atoms with Crippen LogP contribution in [0.5, 0.6) is 5.75 Å². The first-order valence-electron chi connectivity index (χ1n) is 7.35. The highest BCUT2D eigenvalue weighted by atomic mass is 32.2. The van der Waals surface area contributed by atoms with Gasteiger partial charge in [-0.25, -0.2) is 13.2 Å². The number of benzene rings is 1.